The van der Waals surface area contributed by atoms with Gasteiger partial charge in [-0.05, 0) is 57.6 Å². The predicted molar refractivity (Wildman–Crippen MR) is 92.6 cm³/mol. The monoisotopic (exact) mass is 393 g/mol. The van der Waals surface area contributed by atoms with Crippen molar-refractivity contribution in [2.45, 2.75) is 24.7 Å². The summed E-state index contributed by atoms with van der Waals surface area (Å²) < 4.78 is 1.19. The summed E-state index contributed by atoms with van der Waals surface area (Å²) in [5, 5.41) is 0.898. The van der Waals surface area contributed by atoms with Crippen LogP contribution in [0.4, 0.5) is 5.69 Å². The fraction of sp³-hybridized carbons (Fsp3) is 0.294. The number of hydrogen-bond acceptors (Lipinski definition) is 1. The summed E-state index contributed by atoms with van der Waals surface area (Å²) in [4.78, 5) is 2.48. The third kappa shape index (κ3) is 2.94. The summed E-state index contributed by atoms with van der Waals surface area (Å²) in [5.41, 5.74) is 5.56. The lowest BCUT2D eigenvalue weighted by molar-refractivity contribution is 0.764. The zero-order valence-corrected chi connectivity index (χ0v) is 14.5. The van der Waals surface area contributed by atoms with Gasteiger partial charge < -0.3 is 4.90 Å². The van der Waals surface area contributed by atoms with E-state index in [1.54, 1.807) is 0 Å². The Kier molecular flexibility index (Phi) is 4.47. The van der Waals surface area contributed by atoms with Gasteiger partial charge in [-0.1, -0.05) is 46.3 Å². The Morgan fingerprint density at radius 3 is 2.60 bits per heavy atom. The molecule has 3 heteroatoms. The molecule has 3 rings (SSSR count). The van der Waals surface area contributed by atoms with Crippen LogP contribution in [0.5, 0.6) is 0 Å². The smallest absolute Gasteiger partial charge is 0.0513 e. The van der Waals surface area contributed by atoms with Gasteiger partial charge in [-0.25, -0.2) is 0 Å². The molecule has 0 unspecified atom stereocenters. The number of fused-ring (bicyclic) bond motifs is 1. The minimum atomic E-state index is 0.898. The van der Waals surface area contributed by atoms with Crippen LogP contribution in [0.2, 0.25) is 0 Å². The van der Waals surface area contributed by atoms with Crippen molar-refractivity contribution in [3.05, 3.63) is 63.6 Å². The first kappa shape index (κ1) is 14.2. The Balaban J connectivity index is 1.91. The molecule has 0 aromatic heterocycles. The van der Waals surface area contributed by atoms with E-state index in [1.165, 1.54) is 39.7 Å². The van der Waals surface area contributed by atoms with E-state index < -0.39 is 0 Å². The number of nitrogens with zero attached hydrogens (tertiary/aromatic N) is 1. The van der Waals surface area contributed by atoms with Crippen molar-refractivity contribution in [1.29, 1.82) is 0 Å². The van der Waals surface area contributed by atoms with Crippen molar-refractivity contribution in [3.63, 3.8) is 0 Å². The second-order valence-corrected chi connectivity index (χ2v) is 6.63. The zero-order valence-electron chi connectivity index (χ0n) is 11.3. The maximum absolute atomic E-state index is 3.73. The van der Waals surface area contributed by atoms with Gasteiger partial charge in [0.15, 0.2) is 0 Å². The molecular formula is C17H17Br2N. The molecule has 1 aliphatic heterocycles. The van der Waals surface area contributed by atoms with E-state index in [4.69, 9.17) is 0 Å². The number of rotatable bonds is 2. The maximum Gasteiger partial charge on any atom is 0.0513 e. The number of anilines is 1. The molecular weight excluding hydrogens is 378 g/mol. The van der Waals surface area contributed by atoms with Crippen LogP contribution < -0.4 is 4.90 Å². The van der Waals surface area contributed by atoms with E-state index in [0.717, 1.165) is 18.4 Å². The van der Waals surface area contributed by atoms with Crippen LogP contribution in [0.3, 0.4) is 0 Å². The highest BCUT2D eigenvalue weighted by molar-refractivity contribution is 9.10. The van der Waals surface area contributed by atoms with E-state index in [1.807, 2.05) is 0 Å². The van der Waals surface area contributed by atoms with Gasteiger partial charge in [-0.2, -0.15) is 0 Å². The van der Waals surface area contributed by atoms with Crippen LogP contribution in [0, 0.1) is 0 Å². The third-order valence-corrected chi connectivity index (χ3v) is 5.14. The lowest BCUT2D eigenvalue weighted by Gasteiger charge is -2.24. The van der Waals surface area contributed by atoms with E-state index in [2.05, 4.69) is 79.2 Å². The second kappa shape index (κ2) is 6.31. The van der Waals surface area contributed by atoms with Crippen LogP contribution in [0.15, 0.2) is 46.9 Å². The van der Waals surface area contributed by atoms with Gasteiger partial charge >= 0.3 is 0 Å². The van der Waals surface area contributed by atoms with Gasteiger partial charge in [0.1, 0.15) is 0 Å². The van der Waals surface area contributed by atoms with Crippen LogP contribution >= 0.6 is 31.9 Å². The van der Waals surface area contributed by atoms with Gasteiger partial charge in [-0.15, -0.1) is 0 Å². The zero-order chi connectivity index (χ0) is 13.9. The van der Waals surface area contributed by atoms with Crippen molar-refractivity contribution in [2.75, 3.05) is 11.4 Å². The standard InChI is InChI=1S/C17H17Br2N/c18-11-13-7-8-17(16(19)10-13)20-9-3-6-14-4-1-2-5-15(14)12-20/h1-2,4-5,7-8,10H,3,6,9,11-12H2. The molecule has 2 aromatic rings. The Bertz CT molecular complexity index is 610. The molecule has 104 valence electrons. The molecule has 1 nitrogen and oxygen atoms in total. The SMILES string of the molecule is BrCc1ccc(N2CCCc3ccccc3C2)c(Br)c1. The molecule has 20 heavy (non-hydrogen) atoms. The molecule has 0 aliphatic carbocycles. The first-order valence-electron chi connectivity index (χ1n) is 6.94. The van der Waals surface area contributed by atoms with Crippen LogP contribution in [-0.2, 0) is 18.3 Å². The van der Waals surface area contributed by atoms with E-state index >= 15 is 0 Å². The number of alkyl halides is 1. The minimum Gasteiger partial charge on any atom is -0.366 e. The van der Waals surface area contributed by atoms with Gasteiger partial charge in [0, 0.05) is 22.9 Å². The summed E-state index contributed by atoms with van der Waals surface area (Å²) in [6, 6.07) is 15.5. The Labute approximate surface area is 137 Å². The molecule has 2 aromatic carbocycles. The van der Waals surface area contributed by atoms with Crippen molar-refractivity contribution in [3.8, 4) is 0 Å². The maximum atomic E-state index is 3.73. The fourth-order valence-corrected chi connectivity index (χ4v) is 3.82. The van der Waals surface area contributed by atoms with Crippen LogP contribution in [-0.4, -0.2) is 6.54 Å². The predicted octanol–water partition coefficient (Wildman–Crippen LogP) is 5.30. The molecule has 0 amide bonds. The summed E-state index contributed by atoms with van der Waals surface area (Å²) in [6.45, 7) is 2.11. The largest absolute Gasteiger partial charge is 0.366 e. The van der Waals surface area contributed by atoms with Gasteiger partial charge in [0.05, 0.1) is 5.69 Å². The normalized spacial score (nSPS) is 14.8. The van der Waals surface area contributed by atoms with Crippen LogP contribution in [0.1, 0.15) is 23.1 Å². The average Bonchev–Trinajstić information content (AvgIpc) is 2.69. The van der Waals surface area contributed by atoms with Gasteiger partial charge in [-0.3, -0.25) is 0 Å². The quantitative estimate of drug-likeness (QED) is 0.625. The summed E-state index contributed by atoms with van der Waals surface area (Å²) >= 11 is 7.24. The number of halogens is 2. The average molecular weight is 395 g/mol. The molecule has 0 saturated carbocycles. The second-order valence-electron chi connectivity index (χ2n) is 5.21. The van der Waals surface area contributed by atoms with Crippen molar-refractivity contribution in [2.24, 2.45) is 0 Å². The minimum absolute atomic E-state index is 0.898. The van der Waals surface area contributed by atoms with Crippen molar-refractivity contribution >= 4 is 37.5 Å². The summed E-state index contributed by atoms with van der Waals surface area (Å²) in [6.07, 6.45) is 2.40. The van der Waals surface area contributed by atoms with Crippen LogP contribution in [0.25, 0.3) is 0 Å². The molecule has 0 radical (unpaired) electrons. The number of aryl methyl sites for hydroxylation is 1. The van der Waals surface area contributed by atoms with Gasteiger partial charge in [0.2, 0.25) is 0 Å². The molecule has 0 atom stereocenters. The fourth-order valence-electron chi connectivity index (χ4n) is 2.80. The highest BCUT2D eigenvalue weighted by atomic mass is 79.9. The third-order valence-electron chi connectivity index (χ3n) is 3.86. The molecule has 1 aliphatic rings. The number of benzene rings is 2. The number of hydrogen-bond donors (Lipinski definition) is 0. The van der Waals surface area contributed by atoms with Gasteiger partial charge in [0.25, 0.3) is 0 Å². The van der Waals surface area contributed by atoms with E-state index in [9.17, 15) is 0 Å². The lowest BCUT2D eigenvalue weighted by atomic mass is 10.0. The summed E-state index contributed by atoms with van der Waals surface area (Å²) in [7, 11) is 0. The highest BCUT2D eigenvalue weighted by Crippen LogP contribution is 2.31. The van der Waals surface area contributed by atoms with E-state index in [-0.39, 0.29) is 0 Å². The Hall–Kier alpha value is -0.800. The highest BCUT2D eigenvalue weighted by Gasteiger charge is 2.16. The molecule has 0 saturated heterocycles. The molecule has 0 bridgehead atoms. The van der Waals surface area contributed by atoms with Crippen molar-refractivity contribution in [1.82, 2.24) is 0 Å². The molecule has 0 fully saturated rings. The first-order chi connectivity index (χ1) is 9.78. The lowest BCUT2D eigenvalue weighted by Crippen LogP contribution is -2.22. The summed E-state index contributed by atoms with van der Waals surface area (Å²) in [5.74, 6) is 0. The Morgan fingerprint density at radius 2 is 1.85 bits per heavy atom. The molecule has 0 spiro atoms. The molecule has 1 heterocycles. The first-order valence-corrected chi connectivity index (χ1v) is 8.85. The molecule has 0 N–H and O–H groups in total. The Morgan fingerprint density at radius 1 is 1.05 bits per heavy atom. The topological polar surface area (TPSA) is 3.24 Å². The van der Waals surface area contributed by atoms with E-state index in [0.29, 0.717) is 0 Å². The van der Waals surface area contributed by atoms with Crippen molar-refractivity contribution < 1.29 is 0 Å².